The number of nitrogens with zero attached hydrogens (tertiary/aromatic N) is 1. The highest BCUT2D eigenvalue weighted by Crippen LogP contribution is 2.22. The summed E-state index contributed by atoms with van der Waals surface area (Å²) in [6.45, 7) is 6.51. The van der Waals surface area contributed by atoms with Crippen molar-refractivity contribution in [2.24, 2.45) is 0 Å². The molecule has 0 aliphatic heterocycles. The summed E-state index contributed by atoms with van der Waals surface area (Å²) in [6, 6.07) is 16.4. The van der Waals surface area contributed by atoms with E-state index in [0.717, 1.165) is 28.9 Å². The van der Waals surface area contributed by atoms with Crippen LogP contribution in [0.1, 0.15) is 23.7 Å². The number of rotatable bonds is 4. The van der Waals surface area contributed by atoms with Gasteiger partial charge in [-0.05, 0) is 48.9 Å². The molecular formula is C20H22N2O. The van der Waals surface area contributed by atoms with Crippen molar-refractivity contribution in [1.82, 2.24) is 4.57 Å². The van der Waals surface area contributed by atoms with Crippen molar-refractivity contribution < 1.29 is 4.79 Å². The van der Waals surface area contributed by atoms with Crippen LogP contribution in [0.25, 0.3) is 10.9 Å². The Balaban J connectivity index is 1.86. The number of benzene rings is 2. The molecular weight excluding hydrogens is 284 g/mol. The molecule has 0 aliphatic carbocycles. The van der Waals surface area contributed by atoms with Crippen LogP contribution >= 0.6 is 0 Å². The van der Waals surface area contributed by atoms with Crippen LogP contribution < -0.4 is 5.32 Å². The van der Waals surface area contributed by atoms with E-state index < -0.39 is 0 Å². The first kappa shape index (κ1) is 15.3. The lowest BCUT2D eigenvalue weighted by Gasteiger charge is -2.14. The monoisotopic (exact) mass is 306 g/mol. The molecule has 118 valence electrons. The Morgan fingerprint density at radius 2 is 1.87 bits per heavy atom. The number of aromatic nitrogens is 1. The first-order valence-corrected chi connectivity index (χ1v) is 8.03. The first-order chi connectivity index (χ1) is 11.1. The molecule has 0 aliphatic rings. The Morgan fingerprint density at radius 3 is 2.65 bits per heavy atom. The highest BCUT2D eigenvalue weighted by molar-refractivity contribution is 5.93. The van der Waals surface area contributed by atoms with Gasteiger partial charge in [-0.15, -0.1) is 0 Å². The third kappa shape index (κ3) is 3.00. The quantitative estimate of drug-likeness (QED) is 0.758. The third-order valence-corrected chi connectivity index (χ3v) is 4.32. The van der Waals surface area contributed by atoms with Crippen LogP contribution in [0.2, 0.25) is 0 Å². The minimum atomic E-state index is 0.0125. The summed E-state index contributed by atoms with van der Waals surface area (Å²) < 4.78 is 2.06. The predicted molar refractivity (Wildman–Crippen MR) is 95.9 cm³/mol. The van der Waals surface area contributed by atoms with Crippen LogP contribution in [0.5, 0.6) is 0 Å². The zero-order valence-corrected chi connectivity index (χ0v) is 13.9. The first-order valence-electron chi connectivity index (χ1n) is 8.03. The highest BCUT2D eigenvalue weighted by Gasteiger charge is 2.12. The molecule has 3 aromatic rings. The Kier molecular flexibility index (Phi) is 4.20. The van der Waals surface area contributed by atoms with Gasteiger partial charge in [0.1, 0.15) is 6.54 Å². The SMILES string of the molecule is CCc1cccc(C)c1NC(=O)Cn1c(C)cc2ccccc21. The minimum absolute atomic E-state index is 0.0125. The van der Waals surface area contributed by atoms with E-state index in [1.165, 1.54) is 10.9 Å². The molecule has 0 bridgehead atoms. The molecule has 0 saturated carbocycles. The lowest BCUT2D eigenvalue weighted by atomic mass is 10.1. The molecule has 3 heteroatoms. The average Bonchev–Trinajstić information content (AvgIpc) is 2.85. The van der Waals surface area contributed by atoms with E-state index in [2.05, 4.69) is 41.1 Å². The van der Waals surface area contributed by atoms with E-state index in [-0.39, 0.29) is 5.91 Å². The van der Waals surface area contributed by atoms with E-state index >= 15 is 0 Å². The Morgan fingerprint density at radius 1 is 1.09 bits per heavy atom. The van der Waals surface area contributed by atoms with Gasteiger partial charge < -0.3 is 9.88 Å². The van der Waals surface area contributed by atoms with Gasteiger partial charge in [-0.1, -0.05) is 43.3 Å². The molecule has 1 N–H and O–H groups in total. The maximum absolute atomic E-state index is 12.6. The maximum atomic E-state index is 12.6. The minimum Gasteiger partial charge on any atom is -0.335 e. The number of para-hydroxylation sites is 2. The van der Waals surface area contributed by atoms with Crippen molar-refractivity contribution >= 4 is 22.5 Å². The van der Waals surface area contributed by atoms with Crippen molar-refractivity contribution in [3.8, 4) is 0 Å². The highest BCUT2D eigenvalue weighted by atomic mass is 16.1. The van der Waals surface area contributed by atoms with Gasteiger partial charge in [0.15, 0.2) is 0 Å². The molecule has 3 rings (SSSR count). The number of amides is 1. The smallest absolute Gasteiger partial charge is 0.244 e. The Bertz CT molecular complexity index is 861. The zero-order chi connectivity index (χ0) is 16.4. The van der Waals surface area contributed by atoms with Gasteiger partial charge >= 0.3 is 0 Å². The number of aryl methyl sites for hydroxylation is 3. The topological polar surface area (TPSA) is 34.0 Å². The van der Waals surface area contributed by atoms with Gasteiger partial charge in [-0.25, -0.2) is 0 Å². The molecule has 0 atom stereocenters. The van der Waals surface area contributed by atoms with Crippen molar-refractivity contribution in [3.05, 3.63) is 65.4 Å². The summed E-state index contributed by atoms with van der Waals surface area (Å²) in [5.41, 5.74) is 5.43. The van der Waals surface area contributed by atoms with Crippen LogP contribution in [0.4, 0.5) is 5.69 Å². The summed E-state index contributed by atoms with van der Waals surface area (Å²) in [5, 5.41) is 4.27. The number of carbonyl (C=O) groups excluding carboxylic acids is 1. The Labute approximate surface area is 136 Å². The van der Waals surface area contributed by atoms with E-state index in [1.807, 2.05) is 38.1 Å². The van der Waals surface area contributed by atoms with Gasteiger partial charge in [0, 0.05) is 16.9 Å². The number of fused-ring (bicyclic) bond motifs is 1. The summed E-state index contributed by atoms with van der Waals surface area (Å²) >= 11 is 0. The second-order valence-corrected chi connectivity index (χ2v) is 5.94. The fourth-order valence-corrected chi connectivity index (χ4v) is 3.08. The molecule has 0 fully saturated rings. The molecule has 3 nitrogen and oxygen atoms in total. The second-order valence-electron chi connectivity index (χ2n) is 5.94. The maximum Gasteiger partial charge on any atom is 0.244 e. The summed E-state index contributed by atoms with van der Waals surface area (Å²) in [5.74, 6) is 0.0125. The van der Waals surface area contributed by atoms with Crippen LogP contribution in [0.3, 0.4) is 0 Å². The van der Waals surface area contributed by atoms with Crippen LogP contribution in [-0.2, 0) is 17.8 Å². The van der Waals surface area contributed by atoms with Gasteiger partial charge in [0.2, 0.25) is 5.91 Å². The zero-order valence-electron chi connectivity index (χ0n) is 13.9. The average molecular weight is 306 g/mol. The molecule has 0 unspecified atom stereocenters. The van der Waals surface area contributed by atoms with Gasteiger partial charge in [-0.3, -0.25) is 4.79 Å². The van der Waals surface area contributed by atoms with Crippen LogP contribution in [-0.4, -0.2) is 10.5 Å². The van der Waals surface area contributed by atoms with Crippen molar-refractivity contribution in [3.63, 3.8) is 0 Å². The van der Waals surface area contributed by atoms with E-state index in [9.17, 15) is 4.79 Å². The molecule has 23 heavy (non-hydrogen) atoms. The molecule has 2 aromatic carbocycles. The lowest BCUT2D eigenvalue weighted by molar-refractivity contribution is -0.116. The second kappa shape index (κ2) is 6.29. The van der Waals surface area contributed by atoms with E-state index in [4.69, 9.17) is 0 Å². The van der Waals surface area contributed by atoms with Crippen LogP contribution in [0.15, 0.2) is 48.5 Å². The van der Waals surface area contributed by atoms with Crippen molar-refractivity contribution in [1.29, 1.82) is 0 Å². The number of anilines is 1. The number of hydrogen-bond donors (Lipinski definition) is 1. The van der Waals surface area contributed by atoms with E-state index in [0.29, 0.717) is 6.54 Å². The summed E-state index contributed by atoms with van der Waals surface area (Å²) in [7, 11) is 0. The largest absolute Gasteiger partial charge is 0.335 e. The number of carbonyl (C=O) groups is 1. The number of nitrogens with one attached hydrogen (secondary N) is 1. The van der Waals surface area contributed by atoms with Gasteiger partial charge in [0.05, 0.1) is 0 Å². The fourth-order valence-electron chi connectivity index (χ4n) is 3.08. The summed E-state index contributed by atoms with van der Waals surface area (Å²) in [4.78, 5) is 12.6. The fraction of sp³-hybridized carbons (Fsp3) is 0.250. The molecule has 0 spiro atoms. The summed E-state index contributed by atoms with van der Waals surface area (Å²) in [6.07, 6.45) is 0.906. The standard InChI is InChI=1S/C20H22N2O/c1-4-16-10-7-8-14(2)20(16)21-19(23)13-22-15(3)12-17-9-5-6-11-18(17)22/h5-12H,4,13H2,1-3H3,(H,21,23). The van der Waals surface area contributed by atoms with Gasteiger partial charge in [-0.2, -0.15) is 0 Å². The third-order valence-electron chi connectivity index (χ3n) is 4.32. The predicted octanol–water partition coefficient (Wildman–Crippen LogP) is 4.46. The molecule has 1 heterocycles. The van der Waals surface area contributed by atoms with E-state index in [1.54, 1.807) is 0 Å². The lowest BCUT2D eigenvalue weighted by Crippen LogP contribution is -2.20. The van der Waals surface area contributed by atoms with Crippen molar-refractivity contribution in [2.45, 2.75) is 33.7 Å². The van der Waals surface area contributed by atoms with Crippen molar-refractivity contribution in [2.75, 3.05) is 5.32 Å². The molecule has 0 saturated heterocycles. The normalized spacial score (nSPS) is 10.9. The number of hydrogen-bond acceptors (Lipinski definition) is 1. The van der Waals surface area contributed by atoms with Gasteiger partial charge in [0.25, 0.3) is 0 Å². The Hall–Kier alpha value is -2.55. The van der Waals surface area contributed by atoms with Crippen LogP contribution in [0, 0.1) is 13.8 Å². The molecule has 1 amide bonds. The molecule has 0 radical (unpaired) electrons. The molecule has 1 aromatic heterocycles.